The van der Waals surface area contributed by atoms with E-state index in [2.05, 4.69) is 20.6 Å². The number of aromatic nitrogens is 2. The molecule has 0 fully saturated rings. The molecule has 0 saturated carbocycles. The van der Waals surface area contributed by atoms with E-state index in [1.54, 1.807) is 12.1 Å². The first kappa shape index (κ1) is 20.5. The molecule has 0 saturated heterocycles. The van der Waals surface area contributed by atoms with Crippen molar-refractivity contribution in [2.24, 2.45) is 11.1 Å². The predicted octanol–water partition coefficient (Wildman–Crippen LogP) is 4.94. The highest BCUT2D eigenvalue weighted by Crippen LogP contribution is 2.35. The molecule has 5 nitrogen and oxygen atoms in total. The molecule has 10 heteroatoms. The molecule has 2 rings (SSSR count). The second-order valence-corrected chi connectivity index (χ2v) is 7.24. The topological polar surface area (TPSA) is 75.9 Å². The van der Waals surface area contributed by atoms with E-state index in [4.69, 9.17) is 28.9 Å². The molecule has 0 bridgehead atoms. The number of nitrogens with one attached hydrogen (secondary N) is 2. The summed E-state index contributed by atoms with van der Waals surface area (Å²) in [5, 5.41) is 6.18. The molecule has 0 amide bonds. The van der Waals surface area contributed by atoms with E-state index >= 15 is 0 Å². The zero-order valence-corrected chi connectivity index (χ0v) is 15.6. The van der Waals surface area contributed by atoms with Crippen molar-refractivity contribution >= 4 is 40.7 Å². The van der Waals surface area contributed by atoms with E-state index in [0.717, 1.165) is 6.20 Å². The molecular formula is C16H18Cl2F3N5. The summed E-state index contributed by atoms with van der Waals surface area (Å²) in [6, 6.07) is 4.69. The molecule has 1 aromatic heterocycles. The van der Waals surface area contributed by atoms with Gasteiger partial charge in [-0.3, -0.25) is 0 Å². The smallest absolute Gasteiger partial charge is 0.369 e. The highest BCUT2D eigenvalue weighted by atomic mass is 35.5. The summed E-state index contributed by atoms with van der Waals surface area (Å²) in [4.78, 5) is 7.69. The minimum absolute atomic E-state index is 0.00977. The van der Waals surface area contributed by atoms with E-state index in [-0.39, 0.29) is 18.3 Å². The number of benzene rings is 1. The maximum absolute atomic E-state index is 13.2. The minimum atomic E-state index is -4.59. The lowest BCUT2D eigenvalue weighted by atomic mass is 9.94. The summed E-state index contributed by atoms with van der Waals surface area (Å²) < 4.78 is 39.6. The highest BCUT2D eigenvalue weighted by molar-refractivity contribution is 6.42. The molecule has 142 valence electrons. The van der Waals surface area contributed by atoms with Crippen molar-refractivity contribution in [3.63, 3.8) is 0 Å². The van der Waals surface area contributed by atoms with Crippen LogP contribution in [0.15, 0.2) is 24.4 Å². The lowest BCUT2D eigenvalue weighted by Crippen LogP contribution is -2.32. The van der Waals surface area contributed by atoms with E-state index < -0.39 is 17.2 Å². The lowest BCUT2D eigenvalue weighted by Gasteiger charge is -2.24. The largest absolute Gasteiger partial charge is 0.421 e. The number of nitrogens with zero attached hydrogens (tertiary/aromatic N) is 2. The molecular weight excluding hydrogens is 390 g/mol. The van der Waals surface area contributed by atoms with Gasteiger partial charge in [-0.25, -0.2) is 4.98 Å². The molecule has 0 aliphatic carbocycles. The molecule has 0 atom stereocenters. The van der Waals surface area contributed by atoms with Crippen LogP contribution in [0.5, 0.6) is 0 Å². The molecule has 0 aliphatic rings. The normalized spacial score (nSPS) is 12.2. The first-order valence-electron chi connectivity index (χ1n) is 7.62. The van der Waals surface area contributed by atoms with Gasteiger partial charge >= 0.3 is 6.18 Å². The fraction of sp³-hybridized carbons (Fsp3) is 0.375. The maximum atomic E-state index is 13.2. The Kier molecular flexibility index (Phi) is 6.21. The first-order valence-corrected chi connectivity index (χ1v) is 8.38. The van der Waals surface area contributed by atoms with E-state index in [9.17, 15) is 13.2 Å². The van der Waals surface area contributed by atoms with Gasteiger partial charge in [0.05, 0.1) is 10.0 Å². The van der Waals surface area contributed by atoms with Gasteiger partial charge in [-0.15, -0.1) is 0 Å². The second-order valence-electron chi connectivity index (χ2n) is 6.43. The maximum Gasteiger partial charge on any atom is 0.421 e. The van der Waals surface area contributed by atoms with Crippen LogP contribution in [-0.4, -0.2) is 23.1 Å². The Morgan fingerprint density at radius 2 is 1.85 bits per heavy atom. The Labute approximate surface area is 159 Å². The van der Waals surface area contributed by atoms with E-state index in [1.807, 2.05) is 13.8 Å². The summed E-state index contributed by atoms with van der Waals surface area (Å²) >= 11 is 11.8. The number of anilines is 3. The van der Waals surface area contributed by atoms with Crippen LogP contribution >= 0.6 is 23.2 Å². The van der Waals surface area contributed by atoms with Gasteiger partial charge in [0.15, 0.2) is 0 Å². The molecule has 1 aromatic carbocycles. The number of halogens is 5. The Hall–Kier alpha value is -1.77. The van der Waals surface area contributed by atoms with Gasteiger partial charge in [-0.2, -0.15) is 18.2 Å². The Morgan fingerprint density at radius 3 is 2.42 bits per heavy atom. The first-order chi connectivity index (χ1) is 12.0. The summed E-state index contributed by atoms with van der Waals surface area (Å²) in [6.45, 7) is 4.20. The van der Waals surface area contributed by atoms with Gasteiger partial charge in [0.1, 0.15) is 11.4 Å². The zero-order valence-electron chi connectivity index (χ0n) is 14.1. The van der Waals surface area contributed by atoms with Crippen molar-refractivity contribution in [2.45, 2.75) is 20.0 Å². The van der Waals surface area contributed by atoms with Crippen LogP contribution in [0.3, 0.4) is 0 Å². The van der Waals surface area contributed by atoms with Crippen molar-refractivity contribution in [3.05, 3.63) is 40.0 Å². The lowest BCUT2D eigenvalue weighted by molar-refractivity contribution is -0.137. The quantitative estimate of drug-likeness (QED) is 0.631. The third-order valence-corrected chi connectivity index (χ3v) is 4.30. The van der Waals surface area contributed by atoms with Gasteiger partial charge in [-0.1, -0.05) is 37.0 Å². The molecule has 1 heterocycles. The molecule has 0 aliphatic heterocycles. The summed E-state index contributed by atoms with van der Waals surface area (Å²) in [5.74, 6) is -0.332. The number of hydrogen-bond donors (Lipinski definition) is 3. The van der Waals surface area contributed by atoms with Crippen LogP contribution in [0, 0.1) is 5.41 Å². The third-order valence-electron chi connectivity index (χ3n) is 3.56. The standard InChI is InChI=1S/C16H18Cl2F3N5/c1-15(2,7-22)8-24-13-10(16(19,20)21)6-23-14(26-13)25-9-3-4-11(17)12(18)5-9/h3-6H,7-8,22H2,1-2H3,(H2,23,24,25,26). The van der Waals surface area contributed by atoms with E-state index in [0.29, 0.717) is 22.3 Å². The van der Waals surface area contributed by atoms with Crippen molar-refractivity contribution in [3.8, 4) is 0 Å². The average Bonchev–Trinajstić information content (AvgIpc) is 2.55. The van der Waals surface area contributed by atoms with E-state index in [1.165, 1.54) is 6.07 Å². The van der Waals surface area contributed by atoms with Gasteiger partial charge in [0.2, 0.25) is 5.95 Å². The van der Waals surface area contributed by atoms with Crippen LogP contribution in [-0.2, 0) is 6.18 Å². The molecule has 26 heavy (non-hydrogen) atoms. The van der Waals surface area contributed by atoms with Crippen LogP contribution in [0.25, 0.3) is 0 Å². The van der Waals surface area contributed by atoms with Crippen molar-refractivity contribution in [1.29, 1.82) is 0 Å². The van der Waals surface area contributed by atoms with Crippen LogP contribution in [0.4, 0.5) is 30.6 Å². The Bertz CT molecular complexity index is 781. The monoisotopic (exact) mass is 407 g/mol. The summed E-state index contributed by atoms with van der Waals surface area (Å²) in [7, 11) is 0. The fourth-order valence-corrected chi connectivity index (χ4v) is 2.18. The highest BCUT2D eigenvalue weighted by Gasteiger charge is 2.35. The Balaban J connectivity index is 2.31. The van der Waals surface area contributed by atoms with Crippen molar-refractivity contribution in [1.82, 2.24) is 9.97 Å². The SMILES string of the molecule is CC(C)(CN)CNc1nc(Nc2ccc(Cl)c(Cl)c2)ncc1C(F)(F)F. The predicted molar refractivity (Wildman–Crippen MR) is 98.1 cm³/mol. The van der Waals surface area contributed by atoms with Gasteiger partial charge in [0, 0.05) is 18.4 Å². The van der Waals surface area contributed by atoms with Gasteiger partial charge < -0.3 is 16.4 Å². The number of rotatable bonds is 6. The minimum Gasteiger partial charge on any atom is -0.369 e. The average molecular weight is 408 g/mol. The van der Waals surface area contributed by atoms with Crippen molar-refractivity contribution in [2.75, 3.05) is 23.7 Å². The van der Waals surface area contributed by atoms with Crippen LogP contribution in [0.1, 0.15) is 19.4 Å². The summed E-state index contributed by atoms with van der Waals surface area (Å²) in [5.41, 5.74) is 4.76. The second kappa shape index (κ2) is 7.85. The van der Waals surface area contributed by atoms with Crippen LogP contribution < -0.4 is 16.4 Å². The number of nitrogens with two attached hydrogens (primary N) is 1. The summed E-state index contributed by atoms with van der Waals surface area (Å²) in [6.07, 6.45) is -3.86. The number of hydrogen-bond acceptors (Lipinski definition) is 5. The van der Waals surface area contributed by atoms with Gasteiger partial charge in [0.25, 0.3) is 0 Å². The molecule has 0 unspecified atom stereocenters. The molecule has 4 N–H and O–H groups in total. The zero-order chi connectivity index (χ0) is 19.5. The molecule has 0 spiro atoms. The fourth-order valence-electron chi connectivity index (χ4n) is 1.88. The Morgan fingerprint density at radius 1 is 1.15 bits per heavy atom. The van der Waals surface area contributed by atoms with Gasteiger partial charge in [-0.05, 0) is 30.2 Å². The van der Waals surface area contributed by atoms with Crippen molar-refractivity contribution < 1.29 is 13.2 Å². The van der Waals surface area contributed by atoms with Crippen LogP contribution in [0.2, 0.25) is 10.0 Å². The molecule has 2 aromatic rings. The molecule has 0 radical (unpaired) electrons. The third kappa shape index (κ3) is 5.36. The number of alkyl halides is 3.